The van der Waals surface area contributed by atoms with Crippen LogP contribution in [0.1, 0.15) is 59.3 Å². The first-order valence-electron chi connectivity index (χ1n) is 9.46. The number of hydrogen-bond acceptors (Lipinski definition) is 4. The Morgan fingerprint density at radius 2 is 1.56 bits per heavy atom. The molecule has 0 aromatic rings. The normalized spacial score (nSPS) is 24.2. The first kappa shape index (κ1) is 18.2. The fourth-order valence-electron chi connectivity index (χ4n) is 4.23. The predicted octanol–water partition coefficient (Wildman–Crippen LogP) is 2.61. The molecule has 0 aromatic carbocycles. The van der Waals surface area contributed by atoms with E-state index in [4.69, 9.17) is 4.74 Å². The summed E-state index contributed by atoms with van der Waals surface area (Å²) in [6.45, 7) is 8.30. The van der Waals surface area contributed by atoms with Gasteiger partial charge in [-0.3, -0.25) is 9.59 Å². The smallest absolute Gasteiger partial charge is 0.410 e. The van der Waals surface area contributed by atoms with Gasteiger partial charge < -0.3 is 14.5 Å². The summed E-state index contributed by atoms with van der Waals surface area (Å²) in [5.74, 6) is 0.606. The topological polar surface area (TPSA) is 66.9 Å². The highest BCUT2D eigenvalue weighted by Gasteiger charge is 2.46. The van der Waals surface area contributed by atoms with Crippen LogP contribution in [0.4, 0.5) is 4.79 Å². The molecule has 0 N–H and O–H groups in total. The summed E-state index contributed by atoms with van der Waals surface area (Å²) in [6, 6.07) is 0. The number of ether oxygens (including phenoxy) is 1. The molecule has 0 radical (unpaired) electrons. The minimum atomic E-state index is -0.490. The molecule has 2 heterocycles. The van der Waals surface area contributed by atoms with Crippen molar-refractivity contribution in [3.05, 3.63) is 0 Å². The lowest BCUT2D eigenvalue weighted by Gasteiger charge is -2.47. The number of ketones is 1. The Balaban J connectivity index is 1.44. The van der Waals surface area contributed by atoms with Crippen LogP contribution in [0.25, 0.3) is 0 Å². The molecule has 140 valence electrons. The molecule has 3 fully saturated rings. The van der Waals surface area contributed by atoms with Crippen molar-refractivity contribution in [1.29, 1.82) is 0 Å². The molecule has 3 rings (SSSR count). The van der Waals surface area contributed by atoms with Crippen molar-refractivity contribution >= 4 is 17.8 Å². The number of likely N-dealkylation sites (tertiary alicyclic amines) is 2. The SMILES string of the molecule is CC(C)(C)OC(=O)N1CCC(C(=O)N2CCC3(CC2)CC(=O)C3)CC1. The van der Waals surface area contributed by atoms with Crippen molar-refractivity contribution in [1.82, 2.24) is 9.80 Å². The van der Waals surface area contributed by atoms with Gasteiger partial charge >= 0.3 is 6.09 Å². The van der Waals surface area contributed by atoms with Gasteiger partial charge in [0.25, 0.3) is 0 Å². The zero-order valence-corrected chi connectivity index (χ0v) is 15.7. The minimum Gasteiger partial charge on any atom is -0.444 e. The molecule has 3 aliphatic rings. The van der Waals surface area contributed by atoms with Gasteiger partial charge in [-0.05, 0) is 51.9 Å². The van der Waals surface area contributed by atoms with Crippen LogP contribution in [0.3, 0.4) is 0 Å². The number of Topliss-reactive ketones (excluding diaryl/α,β-unsaturated/α-hetero) is 1. The van der Waals surface area contributed by atoms with Gasteiger partial charge in [0.1, 0.15) is 11.4 Å². The molecular weight excluding hydrogens is 320 g/mol. The molecular formula is C19H30N2O4. The van der Waals surface area contributed by atoms with E-state index < -0.39 is 5.60 Å². The summed E-state index contributed by atoms with van der Waals surface area (Å²) in [5.41, 5.74) is -0.287. The number of piperidine rings is 2. The van der Waals surface area contributed by atoms with Crippen LogP contribution in [-0.4, -0.2) is 59.4 Å². The van der Waals surface area contributed by atoms with Gasteiger partial charge in [-0.1, -0.05) is 0 Å². The van der Waals surface area contributed by atoms with E-state index in [1.54, 1.807) is 4.90 Å². The highest BCUT2D eigenvalue weighted by Crippen LogP contribution is 2.46. The van der Waals surface area contributed by atoms with Crippen LogP contribution in [0, 0.1) is 11.3 Å². The zero-order valence-electron chi connectivity index (χ0n) is 15.7. The Morgan fingerprint density at radius 1 is 1.00 bits per heavy atom. The molecule has 25 heavy (non-hydrogen) atoms. The Hall–Kier alpha value is -1.59. The number of hydrogen-bond donors (Lipinski definition) is 0. The fraction of sp³-hybridized carbons (Fsp3) is 0.842. The van der Waals surface area contributed by atoms with Crippen molar-refractivity contribution in [2.75, 3.05) is 26.2 Å². The monoisotopic (exact) mass is 350 g/mol. The minimum absolute atomic E-state index is 0.00996. The first-order chi connectivity index (χ1) is 11.7. The highest BCUT2D eigenvalue weighted by atomic mass is 16.6. The van der Waals surface area contributed by atoms with Gasteiger partial charge in [-0.2, -0.15) is 0 Å². The van der Waals surface area contributed by atoms with E-state index in [1.807, 2.05) is 25.7 Å². The van der Waals surface area contributed by atoms with E-state index in [0.717, 1.165) is 25.9 Å². The maximum absolute atomic E-state index is 12.8. The van der Waals surface area contributed by atoms with Crippen molar-refractivity contribution in [3.8, 4) is 0 Å². The van der Waals surface area contributed by atoms with E-state index in [-0.39, 0.29) is 23.3 Å². The van der Waals surface area contributed by atoms with Crippen LogP contribution >= 0.6 is 0 Å². The summed E-state index contributed by atoms with van der Waals surface area (Å²) in [6.07, 6.45) is 4.47. The summed E-state index contributed by atoms with van der Waals surface area (Å²) in [5, 5.41) is 0. The molecule has 2 aliphatic heterocycles. The lowest BCUT2D eigenvalue weighted by Crippen LogP contribution is -2.51. The summed E-state index contributed by atoms with van der Waals surface area (Å²) >= 11 is 0. The molecule has 6 nitrogen and oxygen atoms in total. The highest BCUT2D eigenvalue weighted by molar-refractivity contribution is 5.86. The summed E-state index contributed by atoms with van der Waals surface area (Å²) < 4.78 is 5.40. The summed E-state index contributed by atoms with van der Waals surface area (Å²) in [4.78, 5) is 39.8. The van der Waals surface area contributed by atoms with Crippen molar-refractivity contribution in [2.24, 2.45) is 11.3 Å². The second-order valence-electron chi connectivity index (χ2n) is 8.96. The van der Waals surface area contributed by atoms with Gasteiger partial charge in [0.05, 0.1) is 0 Å². The molecule has 2 amide bonds. The maximum atomic E-state index is 12.8. The largest absolute Gasteiger partial charge is 0.444 e. The molecule has 1 spiro atoms. The average molecular weight is 350 g/mol. The lowest BCUT2D eigenvalue weighted by molar-refractivity contribution is -0.144. The molecule has 0 bridgehead atoms. The van der Waals surface area contributed by atoms with Crippen molar-refractivity contribution in [3.63, 3.8) is 0 Å². The van der Waals surface area contributed by atoms with Gasteiger partial charge in [0.2, 0.25) is 5.91 Å². The molecule has 0 atom stereocenters. The number of carbonyl (C=O) groups excluding carboxylic acids is 3. The van der Waals surface area contributed by atoms with Gasteiger partial charge in [0, 0.05) is 44.9 Å². The van der Waals surface area contributed by atoms with Crippen LogP contribution in [0.2, 0.25) is 0 Å². The first-order valence-corrected chi connectivity index (χ1v) is 9.46. The van der Waals surface area contributed by atoms with Gasteiger partial charge in [-0.15, -0.1) is 0 Å². The van der Waals surface area contributed by atoms with E-state index >= 15 is 0 Å². The molecule has 1 aliphatic carbocycles. The number of carbonyl (C=O) groups is 3. The molecule has 6 heteroatoms. The number of rotatable bonds is 1. The van der Waals surface area contributed by atoms with Gasteiger partial charge in [0.15, 0.2) is 0 Å². The summed E-state index contributed by atoms with van der Waals surface area (Å²) in [7, 11) is 0. The van der Waals surface area contributed by atoms with E-state index in [1.165, 1.54) is 0 Å². The zero-order chi connectivity index (χ0) is 18.2. The van der Waals surface area contributed by atoms with Gasteiger partial charge in [-0.25, -0.2) is 4.79 Å². The molecule has 0 unspecified atom stereocenters. The van der Waals surface area contributed by atoms with Crippen LogP contribution in [0.15, 0.2) is 0 Å². The Bertz CT molecular complexity index is 540. The third kappa shape index (κ3) is 4.15. The van der Waals surface area contributed by atoms with E-state index in [9.17, 15) is 14.4 Å². The number of nitrogens with zero attached hydrogens (tertiary/aromatic N) is 2. The predicted molar refractivity (Wildman–Crippen MR) is 93.0 cm³/mol. The third-order valence-electron chi connectivity index (χ3n) is 5.78. The molecule has 1 saturated carbocycles. The lowest BCUT2D eigenvalue weighted by atomic mass is 9.62. The van der Waals surface area contributed by atoms with E-state index in [2.05, 4.69) is 0 Å². The standard InChI is InChI=1S/C19H30N2O4/c1-18(2,3)25-17(24)21-8-4-14(5-9-21)16(23)20-10-6-19(7-11-20)12-15(22)13-19/h14H,4-13H2,1-3H3. The third-order valence-corrected chi connectivity index (χ3v) is 5.78. The second-order valence-corrected chi connectivity index (χ2v) is 8.96. The average Bonchev–Trinajstić information content (AvgIpc) is 2.52. The van der Waals surface area contributed by atoms with Crippen molar-refractivity contribution in [2.45, 2.75) is 64.9 Å². The Kier molecular flexibility index (Phi) is 4.82. The fourth-order valence-corrected chi connectivity index (χ4v) is 4.23. The van der Waals surface area contributed by atoms with Crippen LogP contribution < -0.4 is 0 Å². The van der Waals surface area contributed by atoms with Crippen LogP contribution in [-0.2, 0) is 14.3 Å². The quantitative estimate of drug-likeness (QED) is 0.729. The van der Waals surface area contributed by atoms with E-state index in [0.29, 0.717) is 44.6 Å². The number of amides is 2. The Labute approximate surface area is 149 Å². The maximum Gasteiger partial charge on any atom is 0.410 e. The second kappa shape index (κ2) is 6.61. The molecule has 0 aromatic heterocycles. The van der Waals surface area contributed by atoms with Crippen molar-refractivity contribution < 1.29 is 19.1 Å². The Morgan fingerprint density at radius 3 is 2.04 bits per heavy atom. The molecule has 2 saturated heterocycles. The van der Waals surface area contributed by atoms with Crippen LogP contribution in [0.5, 0.6) is 0 Å².